The second kappa shape index (κ2) is 7.65. The standard InChI is InChI=1S/C15H17N3O3S/c1-4-7-18(8-5-2)13(19)10-22-15-17-16-14(21-15)12-6-9-20-11(12)3/h4-6,9H,1-2,7-8,10H2,3H3. The lowest BCUT2D eigenvalue weighted by Crippen LogP contribution is -2.32. The third-order valence-corrected chi connectivity index (χ3v) is 3.67. The fraction of sp³-hybridized carbons (Fsp3) is 0.267. The van der Waals surface area contributed by atoms with Crippen LogP contribution in [0.5, 0.6) is 0 Å². The molecule has 2 rings (SSSR count). The van der Waals surface area contributed by atoms with Gasteiger partial charge in [0.1, 0.15) is 5.76 Å². The van der Waals surface area contributed by atoms with Crippen LogP contribution in [0.1, 0.15) is 5.76 Å². The lowest BCUT2D eigenvalue weighted by Gasteiger charge is -2.18. The fourth-order valence-corrected chi connectivity index (χ4v) is 2.45. The van der Waals surface area contributed by atoms with Gasteiger partial charge in [-0.15, -0.1) is 23.4 Å². The maximum absolute atomic E-state index is 12.1. The van der Waals surface area contributed by atoms with Gasteiger partial charge in [-0.05, 0) is 13.0 Å². The molecule has 0 spiro atoms. The molecule has 2 heterocycles. The highest BCUT2D eigenvalue weighted by molar-refractivity contribution is 7.99. The molecule has 0 aliphatic heterocycles. The summed E-state index contributed by atoms with van der Waals surface area (Å²) in [5, 5.41) is 8.24. The van der Waals surface area contributed by atoms with Crippen molar-refractivity contribution in [3.8, 4) is 11.5 Å². The molecule has 0 aromatic carbocycles. The van der Waals surface area contributed by atoms with Gasteiger partial charge in [0.05, 0.1) is 17.6 Å². The van der Waals surface area contributed by atoms with Gasteiger partial charge in [0, 0.05) is 13.1 Å². The number of nitrogens with zero attached hydrogens (tertiary/aromatic N) is 3. The minimum atomic E-state index is -0.0379. The maximum Gasteiger partial charge on any atom is 0.277 e. The van der Waals surface area contributed by atoms with Crippen LogP contribution in [0.15, 0.2) is 51.7 Å². The number of rotatable bonds is 8. The van der Waals surface area contributed by atoms with E-state index in [0.717, 1.165) is 5.56 Å². The van der Waals surface area contributed by atoms with Crippen LogP contribution >= 0.6 is 11.8 Å². The van der Waals surface area contributed by atoms with E-state index in [2.05, 4.69) is 23.4 Å². The Morgan fingerprint density at radius 1 is 1.36 bits per heavy atom. The predicted octanol–water partition coefficient (Wildman–Crippen LogP) is 2.93. The van der Waals surface area contributed by atoms with Crippen LogP contribution in [0.3, 0.4) is 0 Å². The molecule has 0 saturated carbocycles. The summed E-state index contributed by atoms with van der Waals surface area (Å²) in [7, 11) is 0. The Balaban J connectivity index is 1.96. The Kier molecular flexibility index (Phi) is 5.60. The van der Waals surface area contributed by atoms with Crippen LogP contribution < -0.4 is 0 Å². The molecule has 0 aliphatic carbocycles. The molecule has 2 aromatic heterocycles. The summed E-state index contributed by atoms with van der Waals surface area (Å²) < 4.78 is 10.7. The Morgan fingerprint density at radius 3 is 2.68 bits per heavy atom. The van der Waals surface area contributed by atoms with Gasteiger partial charge in [-0.3, -0.25) is 4.79 Å². The molecule has 6 nitrogen and oxygen atoms in total. The van der Waals surface area contributed by atoms with E-state index in [9.17, 15) is 4.79 Å². The van der Waals surface area contributed by atoms with Crippen LogP contribution in [0.25, 0.3) is 11.5 Å². The third kappa shape index (κ3) is 3.88. The van der Waals surface area contributed by atoms with Crippen molar-refractivity contribution in [2.24, 2.45) is 0 Å². The SMILES string of the molecule is C=CCN(CC=C)C(=O)CSc1nnc(-c2ccoc2C)o1. The molecule has 0 unspecified atom stereocenters. The summed E-state index contributed by atoms with van der Waals surface area (Å²) in [6.45, 7) is 10.1. The van der Waals surface area contributed by atoms with Gasteiger partial charge in [-0.2, -0.15) is 0 Å². The van der Waals surface area contributed by atoms with E-state index in [0.29, 0.717) is 30.0 Å². The first-order valence-corrected chi connectivity index (χ1v) is 7.64. The number of carbonyl (C=O) groups excluding carboxylic acids is 1. The van der Waals surface area contributed by atoms with E-state index < -0.39 is 0 Å². The van der Waals surface area contributed by atoms with Gasteiger partial charge in [-0.25, -0.2) is 0 Å². The first kappa shape index (κ1) is 16.1. The highest BCUT2D eigenvalue weighted by Crippen LogP contribution is 2.26. The lowest BCUT2D eigenvalue weighted by atomic mass is 10.3. The number of furan rings is 1. The number of carbonyl (C=O) groups is 1. The second-order valence-electron chi connectivity index (χ2n) is 4.43. The Bertz CT molecular complexity index is 653. The van der Waals surface area contributed by atoms with Crippen molar-refractivity contribution >= 4 is 17.7 Å². The lowest BCUT2D eigenvalue weighted by molar-refractivity contribution is -0.127. The molecule has 0 saturated heterocycles. The van der Waals surface area contributed by atoms with Gasteiger partial charge >= 0.3 is 0 Å². The molecule has 0 atom stereocenters. The van der Waals surface area contributed by atoms with E-state index in [1.165, 1.54) is 11.8 Å². The number of hydrogen-bond acceptors (Lipinski definition) is 6. The van der Waals surface area contributed by atoms with Crippen molar-refractivity contribution in [1.29, 1.82) is 0 Å². The van der Waals surface area contributed by atoms with E-state index in [1.807, 2.05) is 6.92 Å². The largest absolute Gasteiger partial charge is 0.469 e. The highest BCUT2D eigenvalue weighted by Gasteiger charge is 2.16. The van der Waals surface area contributed by atoms with E-state index >= 15 is 0 Å². The molecule has 116 valence electrons. The van der Waals surface area contributed by atoms with Gasteiger partial charge in [0.25, 0.3) is 11.1 Å². The van der Waals surface area contributed by atoms with Crippen molar-refractivity contribution in [2.45, 2.75) is 12.1 Å². The second-order valence-corrected chi connectivity index (χ2v) is 5.35. The van der Waals surface area contributed by atoms with Crippen molar-refractivity contribution in [1.82, 2.24) is 15.1 Å². The van der Waals surface area contributed by atoms with Crippen LogP contribution in [0.2, 0.25) is 0 Å². The monoisotopic (exact) mass is 319 g/mol. The predicted molar refractivity (Wildman–Crippen MR) is 84.4 cm³/mol. The van der Waals surface area contributed by atoms with Crippen molar-refractivity contribution in [2.75, 3.05) is 18.8 Å². The van der Waals surface area contributed by atoms with Gasteiger partial charge in [0.2, 0.25) is 5.91 Å². The number of aryl methyl sites for hydroxylation is 1. The molecule has 0 bridgehead atoms. The van der Waals surface area contributed by atoms with E-state index in [-0.39, 0.29) is 11.7 Å². The summed E-state index contributed by atoms with van der Waals surface area (Å²) in [6.07, 6.45) is 4.92. The minimum Gasteiger partial charge on any atom is -0.469 e. The van der Waals surface area contributed by atoms with Gasteiger partial charge < -0.3 is 13.7 Å². The Labute approximate surface area is 132 Å². The summed E-state index contributed by atoms with van der Waals surface area (Å²) in [5.74, 6) is 1.27. The first-order chi connectivity index (χ1) is 10.7. The number of amides is 1. The van der Waals surface area contributed by atoms with Gasteiger partial charge in [-0.1, -0.05) is 23.9 Å². The summed E-state index contributed by atoms with van der Waals surface area (Å²) in [6, 6.07) is 1.76. The minimum absolute atomic E-state index is 0.0379. The summed E-state index contributed by atoms with van der Waals surface area (Å²) >= 11 is 1.20. The highest BCUT2D eigenvalue weighted by atomic mass is 32.2. The molecule has 22 heavy (non-hydrogen) atoms. The summed E-state index contributed by atoms with van der Waals surface area (Å²) in [4.78, 5) is 13.7. The number of thioether (sulfide) groups is 1. The first-order valence-electron chi connectivity index (χ1n) is 6.66. The Hall–Kier alpha value is -2.28. The Morgan fingerprint density at radius 2 is 2.09 bits per heavy atom. The van der Waals surface area contributed by atoms with Crippen LogP contribution in [0, 0.1) is 6.92 Å². The molecule has 0 N–H and O–H groups in total. The normalized spacial score (nSPS) is 10.4. The van der Waals surface area contributed by atoms with Crippen molar-refractivity contribution < 1.29 is 13.6 Å². The molecule has 0 aliphatic rings. The van der Waals surface area contributed by atoms with Crippen molar-refractivity contribution in [3.05, 3.63) is 43.4 Å². The fourth-order valence-electron chi connectivity index (χ4n) is 1.79. The molecular weight excluding hydrogens is 302 g/mol. The number of aromatic nitrogens is 2. The van der Waals surface area contributed by atoms with E-state index in [1.54, 1.807) is 29.4 Å². The van der Waals surface area contributed by atoms with Crippen LogP contribution in [-0.4, -0.2) is 39.8 Å². The average molecular weight is 319 g/mol. The topological polar surface area (TPSA) is 72.4 Å². The summed E-state index contributed by atoms with van der Waals surface area (Å²) in [5.41, 5.74) is 0.755. The quantitative estimate of drug-likeness (QED) is 0.550. The maximum atomic E-state index is 12.1. The van der Waals surface area contributed by atoms with Crippen LogP contribution in [-0.2, 0) is 4.79 Å². The van der Waals surface area contributed by atoms with Gasteiger partial charge in [0.15, 0.2) is 0 Å². The zero-order chi connectivity index (χ0) is 15.9. The molecular formula is C15H17N3O3S. The zero-order valence-corrected chi connectivity index (χ0v) is 13.1. The molecule has 1 amide bonds. The number of hydrogen-bond donors (Lipinski definition) is 0. The molecule has 2 aromatic rings. The molecule has 0 fully saturated rings. The zero-order valence-electron chi connectivity index (χ0n) is 12.3. The smallest absolute Gasteiger partial charge is 0.277 e. The molecule has 0 radical (unpaired) electrons. The molecule has 7 heteroatoms. The van der Waals surface area contributed by atoms with Crippen LogP contribution in [0.4, 0.5) is 0 Å². The average Bonchev–Trinajstić information content (AvgIpc) is 3.13. The van der Waals surface area contributed by atoms with Crippen molar-refractivity contribution in [3.63, 3.8) is 0 Å². The third-order valence-electron chi connectivity index (χ3n) is 2.87. The van der Waals surface area contributed by atoms with E-state index in [4.69, 9.17) is 8.83 Å².